The molecule has 1 fully saturated rings. The number of hydrogen-bond donors (Lipinski definition) is 1. The summed E-state index contributed by atoms with van der Waals surface area (Å²) in [5.74, 6) is 0.751. The summed E-state index contributed by atoms with van der Waals surface area (Å²) in [6.45, 7) is 4.12. The Labute approximate surface area is 108 Å². The van der Waals surface area contributed by atoms with Crippen LogP contribution in [0.5, 0.6) is 5.75 Å². The van der Waals surface area contributed by atoms with Crippen LogP contribution in [0.15, 0.2) is 23.1 Å². The maximum absolute atomic E-state index is 12.2. The number of benzene rings is 1. The SMILES string of the molecule is COc1cc(C(C)C)ccc1S(=O)(=O)NC1CC1. The Morgan fingerprint density at radius 2 is 2.00 bits per heavy atom. The number of methoxy groups -OCH3 is 1. The molecule has 1 aromatic rings. The lowest BCUT2D eigenvalue weighted by molar-refractivity contribution is 0.401. The number of nitrogens with one attached hydrogen (secondary N) is 1. The lowest BCUT2D eigenvalue weighted by Gasteiger charge is -2.13. The first-order valence-electron chi connectivity index (χ1n) is 6.14. The van der Waals surface area contributed by atoms with E-state index >= 15 is 0 Å². The molecule has 0 aromatic heterocycles. The van der Waals surface area contributed by atoms with Crippen molar-refractivity contribution in [1.29, 1.82) is 0 Å². The number of hydrogen-bond acceptors (Lipinski definition) is 3. The fourth-order valence-corrected chi connectivity index (χ4v) is 3.21. The predicted molar refractivity (Wildman–Crippen MR) is 70.4 cm³/mol. The van der Waals surface area contributed by atoms with Crippen molar-refractivity contribution in [2.75, 3.05) is 7.11 Å². The smallest absolute Gasteiger partial charge is 0.244 e. The van der Waals surface area contributed by atoms with Crippen LogP contribution in [0.3, 0.4) is 0 Å². The van der Waals surface area contributed by atoms with Gasteiger partial charge in [0.2, 0.25) is 10.0 Å². The highest BCUT2D eigenvalue weighted by atomic mass is 32.2. The second-order valence-electron chi connectivity index (χ2n) is 4.96. The summed E-state index contributed by atoms with van der Waals surface area (Å²) < 4.78 is 32.2. The predicted octanol–water partition coefficient (Wildman–Crippen LogP) is 2.26. The second kappa shape index (κ2) is 4.90. The van der Waals surface area contributed by atoms with Crippen molar-refractivity contribution in [1.82, 2.24) is 4.72 Å². The third kappa shape index (κ3) is 2.84. The summed E-state index contributed by atoms with van der Waals surface area (Å²) in [5, 5.41) is 0. The van der Waals surface area contributed by atoms with E-state index in [1.165, 1.54) is 7.11 Å². The molecule has 1 aliphatic rings. The van der Waals surface area contributed by atoms with Crippen LogP contribution in [-0.4, -0.2) is 21.6 Å². The molecule has 100 valence electrons. The van der Waals surface area contributed by atoms with Crippen molar-refractivity contribution in [3.05, 3.63) is 23.8 Å². The first kappa shape index (κ1) is 13.4. The Balaban J connectivity index is 2.37. The molecule has 1 aromatic carbocycles. The van der Waals surface area contributed by atoms with Gasteiger partial charge in [-0.3, -0.25) is 0 Å². The number of rotatable bonds is 5. The normalized spacial score (nSPS) is 16.0. The maximum Gasteiger partial charge on any atom is 0.244 e. The van der Waals surface area contributed by atoms with Gasteiger partial charge in [0.25, 0.3) is 0 Å². The number of sulfonamides is 1. The molecule has 1 N–H and O–H groups in total. The van der Waals surface area contributed by atoms with Crippen LogP contribution in [0.1, 0.15) is 38.2 Å². The minimum Gasteiger partial charge on any atom is -0.495 e. The summed E-state index contributed by atoms with van der Waals surface area (Å²) in [6.07, 6.45) is 1.84. The largest absolute Gasteiger partial charge is 0.495 e. The third-order valence-electron chi connectivity index (χ3n) is 3.04. The Morgan fingerprint density at radius 1 is 1.33 bits per heavy atom. The van der Waals surface area contributed by atoms with E-state index < -0.39 is 10.0 Å². The van der Waals surface area contributed by atoms with Crippen LogP contribution in [0.25, 0.3) is 0 Å². The first-order chi connectivity index (χ1) is 8.44. The van der Waals surface area contributed by atoms with Crippen LogP contribution in [0.2, 0.25) is 0 Å². The van der Waals surface area contributed by atoms with Crippen LogP contribution in [-0.2, 0) is 10.0 Å². The van der Waals surface area contributed by atoms with Crippen LogP contribution >= 0.6 is 0 Å². The molecule has 0 aliphatic heterocycles. The van der Waals surface area contributed by atoms with Crippen molar-refractivity contribution < 1.29 is 13.2 Å². The fourth-order valence-electron chi connectivity index (χ4n) is 1.75. The lowest BCUT2D eigenvalue weighted by atomic mass is 10.0. The quantitative estimate of drug-likeness (QED) is 0.892. The van der Waals surface area contributed by atoms with E-state index in [1.807, 2.05) is 6.07 Å². The average Bonchev–Trinajstić information content (AvgIpc) is 3.11. The summed E-state index contributed by atoms with van der Waals surface area (Å²) in [7, 11) is -1.96. The summed E-state index contributed by atoms with van der Waals surface area (Å²) >= 11 is 0. The van der Waals surface area contributed by atoms with Gasteiger partial charge in [-0.05, 0) is 36.5 Å². The van der Waals surface area contributed by atoms with Gasteiger partial charge in [-0.1, -0.05) is 19.9 Å². The minimum absolute atomic E-state index is 0.101. The monoisotopic (exact) mass is 269 g/mol. The summed E-state index contributed by atoms with van der Waals surface area (Å²) in [5.41, 5.74) is 1.07. The second-order valence-corrected chi connectivity index (χ2v) is 6.64. The van der Waals surface area contributed by atoms with E-state index in [4.69, 9.17) is 4.74 Å². The van der Waals surface area contributed by atoms with Gasteiger partial charge in [0.1, 0.15) is 10.6 Å². The van der Waals surface area contributed by atoms with Gasteiger partial charge in [-0.15, -0.1) is 0 Å². The molecule has 0 unspecified atom stereocenters. The lowest BCUT2D eigenvalue weighted by Crippen LogP contribution is -2.26. The van der Waals surface area contributed by atoms with Gasteiger partial charge in [0.15, 0.2) is 0 Å². The molecule has 5 heteroatoms. The highest BCUT2D eigenvalue weighted by Crippen LogP contribution is 2.30. The van der Waals surface area contributed by atoms with Crippen molar-refractivity contribution in [3.8, 4) is 5.75 Å². The van der Waals surface area contributed by atoms with Gasteiger partial charge in [0, 0.05) is 6.04 Å². The minimum atomic E-state index is -3.46. The summed E-state index contributed by atoms with van der Waals surface area (Å²) in [4.78, 5) is 0.223. The highest BCUT2D eigenvalue weighted by Gasteiger charge is 2.29. The van der Waals surface area contributed by atoms with E-state index in [-0.39, 0.29) is 10.9 Å². The Kier molecular flexibility index (Phi) is 3.64. The van der Waals surface area contributed by atoms with Gasteiger partial charge in [-0.2, -0.15) is 0 Å². The molecule has 0 heterocycles. The van der Waals surface area contributed by atoms with Crippen molar-refractivity contribution in [2.45, 2.75) is 43.5 Å². The van der Waals surface area contributed by atoms with Crippen molar-refractivity contribution in [2.24, 2.45) is 0 Å². The molecule has 0 amide bonds. The molecule has 0 saturated heterocycles. The zero-order valence-corrected chi connectivity index (χ0v) is 11.8. The fraction of sp³-hybridized carbons (Fsp3) is 0.538. The zero-order valence-electron chi connectivity index (χ0n) is 10.9. The molecule has 0 bridgehead atoms. The standard InChI is InChI=1S/C13H19NO3S/c1-9(2)10-4-7-13(12(8-10)17-3)18(15,16)14-11-5-6-11/h4,7-9,11,14H,5-6H2,1-3H3. The van der Waals surface area contributed by atoms with Crippen LogP contribution < -0.4 is 9.46 Å². The van der Waals surface area contributed by atoms with Gasteiger partial charge >= 0.3 is 0 Å². The van der Waals surface area contributed by atoms with E-state index in [1.54, 1.807) is 12.1 Å². The Bertz CT molecular complexity index is 533. The highest BCUT2D eigenvalue weighted by molar-refractivity contribution is 7.89. The maximum atomic E-state index is 12.2. The Morgan fingerprint density at radius 3 is 2.50 bits per heavy atom. The molecule has 4 nitrogen and oxygen atoms in total. The van der Waals surface area contributed by atoms with Crippen molar-refractivity contribution in [3.63, 3.8) is 0 Å². The van der Waals surface area contributed by atoms with Crippen LogP contribution in [0, 0.1) is 0 Å². The van der Waals surface area contributed by atoms with E-state index in [0.29, 0.717) is 11.7 Å². The molecular formula is C13H19NO3S. The molecule has 1 saturated carbocycles. The molecule has 18 heavy (non-hydrogen) atoms. The topological polar surface area (TPSA) is 55.4 Å². The molecular weight excluding hydrogens is 250 g/mol. The first-order valence-corrected chi connectivity index (χ1v) is 7.62. The van der Waals surface area contributed by atoms with Crippen molar-refractivity contribution >= 4 is 10.0 Å². The summed E-state index contributed by atoms with van der Waals surface area (Å²) in [6, 6.07) is 5.36. The molecule has 0 radical (unpaired) electrons. The zero-order chi connectivity index (χ0) is 13.3. The Hall–Kier alpha value is -1.07. The van der Waals surface area contributed by atoms with Crippen LogP contribution in [0.4, 0.5) is 0 Å². The van der Waals surface area contributed by atoms with Gasteiger partial charge in [0.05, 0.1) is 7.11 Å². The molecule has 1 aliphatic carbocycles. The van der Waals surface area contributed by atoms with E-state index in [0.717, 1.165) is 18.4 Å². The average molecular weight is 269 g/mol. The molecule has 0 atom stereocenters. The third-order valence-corrected chi connectivity index (χ3v) is 4.60. The van der Waals surface area contributed by atoms with E-state index in [9.17, 15) is 8.42 Å². The van der Waals surface area contributed by atoms with E-state index in [2.05, 4.69) is 18.6 Å². The molecule has 0 spiro atoms. The number of ether oxygens (including phenoxy) is 1. The van der Waals surface area contributed by atoms with Gasteiger partial charge in [-0.25, -0.2) is 13.1 Å². The van der Waals surface area contributed by atoms with Gasteiger partial charge < -0.3 is 4.74 Å². The molecule has 2 rings (SSSR count).